The Kier molecular flexibility index (Phi) is 6.57. The lowest BCUT2D eigenvalue weighted by Gasteiger charge is -2.36. The van der Waals surface area contributed by atoms with Gasteiger partial charge in [0.05, 0.1) is 14.2 Å². The van der Waals surface area contributed by atoms with Crippen LogP contribution in [0.15, 0.2) is 48.5 Å². The van der Waals surface area contributed by atoms with Crippen molar-refractivity contribution in [3.05, 3.63) is 54.1 Å². The van der Waals surface area contributed by atoms with E-state index in [1.165, 1.54) is 17.7 Å². The zero-order valence-corrected chi connectivity index (χ0v) is 17.7. The zero-order valence-electron chi connectivity index (χ0n) is 17.7. The Bertz CT molecular complexity index is 775. The van der Waals surface area contributed by atoms with Gasteiger partial charge in [-0.15, -0.1) is 0 Å². The summed E-state index contributed by atoms with van der Waals surface area (Å²) in [7, 11) is 3.48. The van der Waals surface area contributed by atoms with E-state index >= 15 is 0 Å². The molecule has 0 N–H and O–H groups in total. The van der Waals surface area contributed by atoms with E-state index in [2.05, 4.69) is 51.1 Å². The van der Waals surface area contributed by atoms with Crippen molar-refractivity contribution in [1.82, 2.24) is 9.80 Å². The molecule has 2 aromatic carbocycles. The molecule has 1 atom stereocenters. The number of hydrogen-bond donors (Lipinski definition) is 0. The number of hydrogen-bond acceptors (Lipinski definition) is 5. The van der Waals surface area contributed by atoms with Gasteiger partial charge in [0.25, 0.3) is 0 Å². The van der Waals surface area contributed by atoms with Crippen LogP contribution in [0.3, 0.4) is 0 Å². The van der Waals surface area contributed by atoms with Crippen LogP contribution in [0.25, 0.3) is 0 Å². The summed E-state index contributed by atoms with van der Waals surface area (Å²) in [6, 6.07) is 16.9. The van der Waals surface area contributed by atoms with E-state index in [0.29, 0.717) is 5.92 Å². The summed E-state index contributed by atoms with van der Waals surface area (Å²) in [6.07, 6.45) is 1.19. The number of nitrogens with zero attached hydrogens (tertiary/aromatic N) is 3. The van der Waals surface area contributed by atoms with Gasteiger partial charge in [-0.3, -0.25) is 4.90 Å². The first-order valence-corrected chi connectivity index (χ1v) is 10.7. The zero-order chi connectivity index (χ0) is 20.1. The number of piperazine rings is 1. The highest BCUT2D eigenvalue weighted by Gasteiger charge is 2.27. The molecule has 0 bridgehead atoms. The minimum absolute atomic E-state index is 0.523. The average molecular weight is 396 g/mol. The first kappa shape index (κ1) is 20.0. The minimum atomic E-state index is 0.523. The van der Waals surface area contributed by atoms with E-state index in [0.717, 1.165) is 63.9 Å². The van der Waals surface area contributed by atoms with Crippen molar-refractivity contribution in [3.63, 3.8) is 0 Å². The Morgan fingerprint density at radius 2 is 1.59 bits per heavy atom. The molecule has 0 saturated carbocycles. The van der Waals surface area contributed by atoms with E-state index in [1.807, 2.05) is 12.1 Å². The number of ether oxygens (including phenoxy) is 2. The number of likely N-dealkylation sites (tertiary alicyclic amines) is 1. The fourth-order valence-electron chi connectivity index (χ4n) is 4.60. The maximum atomic E-state index is 5.61. The van der Waals surface area contributed by atoms with E-state index in [-0.39, 0.29) is 0 Å². The predicted octanol–water partition coefficient (Wildman–Crippen LogP) is 3.32. The summed E-state index contributed by atoms with van der Waals surface area (Å²) in [5.74, 6) is 2.42. The second-order valence-corrected chi connectivity index (χ2v) is 8.06. The van der Waals surface area contributed by atoms with Crippen LogP contribution >= 0.6 is 0 Å². The third-order valence-corrected chi connectivity index (χ3v) is 6.38. The Morgan fingerprint density at radius 3 is 2.31 bits per heavy atom. The molecule has 2 heterocycles. The van der Waals surface area contributed by atoms with Crippen molar-refractivity contribution < 1.29 is 9.47 Å². The van der Waals surface area contributed by atoms with Crippen LogP contribution in [0.5, 0.6) is 11.5 Å². The van der Waals surface area contributed by atoms with Crippen molar-refractivity contribution in [3.8, 4) is 11.5 Å². The molecule has 2 saturated heterocycles. The Hall–Kier alpha value is -2.24. The van der Waals surface area contributed by atoms with Crippen molar-refractivity contribution in [2.24, 2.45) is 0 Å². The molecular weight excluding hydrogens is 362 g/mol. The number of methoxy groups -OCH3 is 2. The van der Waals surface area contributed by atoms with E-state index in [9.17, 15) is 0 Å². The Morgan fingerprint density at radius 1 is 0.828 bits per heavy atom. The number of anilines is 1. The van der Waals surface area contributed by atoms with E-state index < -0.39 is 0 Å². The van der Waals surface area contributed by atoms with Gasteiger partial charge in [0.1, 0.15) is 11.5 Å². The van der Waals surface area contributed by atoms with Gasteiger partial charge in [0.15, 0.2) is 0 Å². The second kappa shape index (κ2) is 9.51. The molecule has 5 heteroatoms. The lowest BCUT2D eigenvalue weighted by atomic mass is 9.97. The standard InChI is InChI=1S/C24H33N3O2/c1-28-22-8-9-24(29-2)23(18-22)20-10-11-26(19-20)13-12-25-14-16-27(17-15-25)21-6-4-3-5-7-21/h3-9,18,20H,10-17,19H2,1-2H3. The quantitative estimate of drug-likeness (QED) is 0.717. The summed E-state index contributed by atoms with van der Waals surface area (Å²) >= 11 is 0. The first-order valence-electron chi connectivity index (χ1n) is 10.7. The van der Waals surface area contributed by atoms with E-state index in [1.54, 1.807) is 14.2 Å². The predicted molar refractivity (Wildman–Crippen MR) is 118 cm³/mol. The molecular formula is C24H33N3O2. The maximum Gasteiger partial charge on any atom is 0.122 e. The fourth-order valence-corrected chi connectivity index (χ4v) is 4.60. The largest absolute Gasteiger partial charge is 0.497 e. The highest BCUT2D eigenvalue weighted by molar-refractivity contribution is 5.46. The van der Waals surface area contributed by atoms with Crippen LogP contribution in [-0.2, 0) is 0 Å². The van der Waals surface area contributed by atoms with Crippen LogP contribution in [0.2, 0.25) is 0 Å². The summed E-state index contributed by atoms with van der Waals surface area (Å²) < 4.78 is 11.0. The van der Waals surface area contributed by atoms with Crippen molar-refractivity contribution in [1.29, 1.82) is 0 Å². The molecule has 0 aliphatic carbocycles. The topological polar surface area (TPSA) is 28.2 Å². The molecule has 4 rings (SSSR count). The molecule has 2 fully saturated rings. The van der Waals surface area contributed by atoms with Crippen LogP contribution in [-0.4, -0.2) is 76.4 Å². The lowest BCUT2D eigenvalue weighted by Crippen LogP contribution is -2.48. The van der Waals surface area contributed by atoms with E-state index in [4.69, 9.17) is 9.47 Å². The fraction of sp³-hybridized carbons (Fsp3) is 0.500. The molecule has 2 aliphatic rings. The summed E-state index contributed by atoms with van der Waals surface area (Å²) in [6.45, 7) is 9.11. The highest BCUT2D eigenvalue weighted by Crippen LogP contribution is 2.35. The van der Waals surface area contributed by atoms with Gasteiger partial charge in [-0.1, -0.05) is 18.2 Å². The molecule has 0 spiro atoms. The lowest BCUT2D eigenvalue weighted by molar-refractivity contribution is 0.214. The number of para-hydroxylation sites is 1. The van der Waals surface area contributed by atoms with Gasteiger partial charge in [0, 0.05) is 63.0 Å². The van der Waals surface area contributed by atoms with Gasteiger partial charge < -0.3 is 19.3 Å². The number of rotatable bonds is 7. The monoisotopic (exact) mass is 395 g/mol. The Balaban J connectivity index is 1.25. The van der Waals surface area contributed by atoms with Crippen LogP contribution in [0, 0.1) is 0 Å². The summed E-state index contributed by atoms with van der Waals surface area (Å²) in [4.78, 5) is 7.71. The Labute approximate surface area is 174 Å². The molecule has 1 unspecified atom stereocenters. The smallest absolute Gasteiger partial charge is 0.122 e. The van der Waals surface area contributed by atoms with Crippen LogP contribution in [0.4, 0.5) is 5.69 Å². The van der Waals surface area contributed by atoms with Gasteiger partial charge in [0.2, 0.25) is 0 Å². The van der Waals surface area contributed by atoms with Crippen molar-refractivity contribution >= 4 is 5.69 Å². The maximum absolute atomic E-state index is 5.61. The second-order valence-electron chi connectivity index (χ2n) is 8.06. The molecule has 156 valence electrons. The molecule has 2 aromatic rings. The molecule has 2 aliphatic heterocycles. The summed E-state index contributed by atoms with van der Waals surface area (Å²) in [5, 5.41) is 0. The van der Waals surface area contributed by atoms with Gasteiger partial charge in [-0.2, -0.15) is 0 Å². The van der Waals surface area contributed by atoms with Gasteiger partial charge in [-0.25, -0.2) is 0 Å². The van der Waals surface area contributed by atoms with Gasteiger partial charge in [-0.05, 0) is 43.3 Å². The SMILES string of the molecule is COc1ccc(OC)c(C2CCN(CCN3CCN(c4ccccc4)CC3)C2)c1. The molecule has 0 radical (unpaired) electrons. The third kappa shape index (κ3) is 4.85. The number of benzene rings is 2. The van der Waals surface area contributed by atoms with Crippen LogP contribution < -0.4 is 14.4 Å². The molecule has 5 nitrogen and oxygen atoms in total. The first-order chi connectivity index (χ1) is 14.3. The highest BCUT2D eigenvalue weighted by atomic mass is 16.5. The van der Waals surface area contributed by atoms with Crippen molar-refractivity contribution in [2.45, 2.75) is 12.3 Å². The average Bonchev–Trinajstić information content (AvgIpc) is 3.27. The minimum Gasteiger partial charge on any atom is -0.497 e. The van der Waals surface area contributed by atoms with Crippen LogP contribution in [0.1, 0.15) is 17.9 Å². The third-order valence-electron chi connectivity index (χ3n) is 6.38. The molecule has 0 aromatic heterocycles. The molecule has 29 heavy (non-hydrogen) atoms. The molecule has 0 amide bonds. The van der Waals surface area contributed by atoms with Gasteiger partial charge >= 0.3 is 0 Å². The van der Waals surface area contributed by atoms with Crippen molar-refractivity contribution in [2.75, 3.05) is 71.5 Å². The normalized spacial score (nSPS) is 20.8. The summed E-state index contributed by atoms with van der Waals surface area (Å²) in [5.41, 5.74) is 2.63.